The van der Waals surface area contributed by atoms with E-state index in [1.807, 2.05) is 0 Å². The fourth-order valence-corrected chi connectivity index (χ4v) is 3.09. The second kappa shape index (κ2) is 7.62. The summed E-state index contributed by atoms with van der Waals surface area (Å²) >= 11 is 0. The first kappa shape index (κ1) is 19.6. The van der Waals surface area contributed by atoms with Gasteiger partial charge in [0.15, 0.2) is 11.5 Å². The molecular formula is C22H20FN3O4. The van der Waals surface area contributed by atoms with Crippen LogP contribution in [0.4, 0.5) is 10.1 Å². The van der Waals surface area contributed by atoms with Gasteiger partial charge in [-0.3, -0.25) is 9.59 Å². The molecule has 30 heavy (non-hydrogen) atoms. The molecule has 1 amide bonds. The molecule has 3 aromatic rings. The van der Waals surface area contributed by atoms with Gasteiger partial charge in [0.2, 0.25) is 0 Å². The number of hydrogen-bond acceptors (Lipinski definition) is 5. The molecule has 1 aliphatic heterocycles. The molecule has 4 rings (SSSR count). The number of aromatic nitrogens is 2. The van der Waals surface area contributed by atoms with Crippen LogP contribution in [0.2, 0.25) is 0 Å². The van der Waals surface area contributed by atoms with E-state index in [4.69, 9.17) is 9.47 Å². The van der Waals surface area contributed by atoms with Crippen molar-refractivity contribution < 1.29 is 18.7 Å². The van der Waals surface area contributed by atoms with Crippen molar-refractivity contribution in [2.45, 2.75) is 19.4 Å². The van der Waals surface area contributed by atoms with E-state index in [2.05, 4.69) is 10.4 Å². The molecule has 154 valence electrons. The van der Waals surface area contributed by atoms with Crippen LogP contribution in [0.5, 0.6) is 11.5 Å². The fraction of sp³-hybridized carbons (Fsp3) is 0.227. The lowest BCUT2D eigenvalue weighted by molar-refractivity contribution is -0.123. The zero-order valence-corrected chi connectivity index (χ0v) is 16.5. The number of rotatable bonds is 4. The summed E-state index contributed by atoms with van der Waals surface area (Å²) in [4.78, 5) is 25.5. The molecule has 0 unspecified atom stereocenters. The van der Waals surface area contributed by atoms with Gasteiger partial charge < -0.3 is 14.8 Å². The molecule has 2 heterocycles. The molecule has 0 bridgehead atoms. The van der Waals surface area contributed by atoms with Gasteiger partial charge in [-0.2, -0.15) is 5.10 Å². The normalized spacial score (nSPS) is 13.0. The molecule has 0 radical (unpaired) electrons. The van der Waals surface area contributed by atoms with Gasteiger partial charge in [0.1, 0.15) is 24.6 Å². The van der Waals surface area contributed by atoms with E-state index in [0.717, 1.165) is 4.68 Å². The average molecular weight is 409 g/mol. The number of anilines is 1. The van der Waals surface area contributed by atoms with E-state index in [1.54, 1.807) is 50.2 Å². The van der Waals surface area contributed by atoms with Gasteiger partial charge in [0.25, 0.3) is 11.5 Å². The smallest absolute Gasteiger partial charge is 0.267 e. The molecule has 0 fully saturated rings. The van der Waals surface area contributed by atoms with Gasteiger partial charge in [0, 0.05) is 23.4 Å². The largest absolute Gasteiger partial charge is 0.486 e. The highest BCUT2D eigenvalue weighted by molar-refractivity contribution is 5.96. The number of benzene rings is 2. The van der Waals surface area contributed by atoms with Crippen LogP contribution in [0, 0.1) is 5.82 Å². The Labute approximate surface area is 172 Å². The van der Waals surface area contributed by atoms with Crippen LogP contribution in [0.25, 0.3) is 11.3 Å². The Morgan fingerprint density at radius 3 is 2.47 bits per heavy atom. The quantitative estimate of drug-likeness (QED) is 0.716. The Kier molecular flexibility index (Phi) is 4.99. The number of nitrogens with zero attached hydrogens (tertiary/aromatic N) is 2. The van der Waals surface area contributed by atoms with E-state index in [-0.39, 0.29) is 5.82 Å². The number of halogens is 1. The Balaban J connectivity index is 1.62. The summed E-state index contributed by atoms with van der Waals surface area (Å²) in [5.41, 5.74) is -0.119. The Morgan fingerprint density at radius 1 is 1.03 bits per heavy atom. The predicted molar refractivity (Wildman–Crippen MR) is 109 cm³/mol. The van der Waals surface area contributed by atoms with Crippen molar-refractivity contribution in [1.29, 1.82) is 0 Å². The van der Waals surface area contributed by atoms with Crippen molar-refractivity contribution in [3.05, 3.63) is 70.8 Å². The molecule has 0 atom stereocenters. The zero-order valence-electron chi connectivity index (χ0n) is 16.5. The lowest BCUT2D eigenvalue weighted by Gasteiger charge is -2.26. The lowest BCUT2D eigenvalue weighted by Crippen LogP contribution is -2.47. The highest BCUT2D eigenvalue weighted by Gasteiger charge is 2.32. The summed E-state index contributed by atoms with van der Waals surface area (Å²) in [5, 5.41) is 7.15. The van der Waals surface area contributed by atoms with E-state index < -0.39 is 17.0 Å². The van der Waals surface area contributed by atoms with Gasteiger partial charge >= 0.3 is 0 Å². The van der Waals surface area contributed by atoms with Crippen molar-refractivity contribution in [3.8, 4) is 22.8 Å². The predicted octanol–water partition coefficient (Wildman–Crippen LogP) is 3.19. The maximum absolute atomic E-state index is 13.2. The van der Waals surface area contributed by atoms with Crippen molar-refractivity contribution in [2.75, 3.05) is 18.5 Å². The van der Waals surface area contributed by atoms with Crippen LogP contribution in [0.15, 0.2) is 59.4 Å². The van der Waals surface area contributed by atoms with Crippen LogP contribution in [0.3, 0.4) is 0 Å². The van der Waals surface area contributed by atoms with Gasteiger partial charge in [-0.15, -0.1) is 0 Å². The molecule has 0 saturated carbocycles. The number of carbonyl (C=O) groups excluding carboxylic acids is 1. The first-order chi connectivity index (χ1) is 14.3. The van der Waals surface area contributed by atoms with E-state index >= 15 is 0 Å². The van der Waals surface area contributed by atoms with Gasteiger partial charge in [0.05, 0.1) is 5.69 Å². The molecule has 2 aromatic carbocycles. The molecule has 8 heteroatoms. The third kappa shape index (κ3) is 3.76. The van der Waals surface area contributed by atoms with Gasteiger partial charge in [-0.25, -0.2) is 9.07 Å². The van der Waals surface area contributed by atoms with Crippen LogP contribution in [-0.4, -0.2) is 28.9 Å². The summed E-state index contributed by atoms with van der Waals surface area (Å²) in [6.07, 6.45) is 0. The number of amides is 1. The molecule has 0 saturated heterocycles. The minimum atomic E-state index is -1.29. The summed E-state index contributed by atoms with van der Waals surface area (Å²) in [7, 11) is 0. The average Bonchev–Trinajstić information content (AvgIpc) is 2.74. The maximum Gasteiger partial charge on any atom is 0.267 e. The number of nitrogens with one attached hydrogen (secondary N) is 1. The number of hydrogen-bond donors (Lipinski definition) is 1. The highest BCUT2D eigenvalue weighted by atomic mass is 19.1. The topological polar surface area (TPSA) is 82.4 Å². The second-order valence-corrected chi connectivity index (χ2v) is 7.35. The standard InChI is InChI=1S/C22H20FN3O4/c1-22(2,21(28)24-16-7-9-18-19(13-16)30-12-11-29-18)26-20(27)10-8-17(25-26)14-3-5-15(23)6-4-14/h3-10,13H,11-12H2,1-2H3,(H,24,28). The fourth-order valence-electron chi connectivity index (χ4n) is 3.09. The van der Waals surface area contributed by atoms with Crippen LogP contribution < -0.4 is 20.3 Å². The summed E-state index contributed by atoms with van der Waals surface area (Å²) in [5.74, 6) is 0.366. The van der Waals surface area contributed by atoms with Crippen molar-refractivity contribution in [1.82, 2.24) is 9.78 Å². The first-order valence-corrected chi connectivity index (χ1v) is 9.42. The van der Waals surface area contributed by atoms with Crippen LogP contribution in [-0.2, 0) is 10.3 Å². The van der Waals surface area contributed by atoms with E-state index in [9.17, 15) is 14.0 Å². The second-order valence-electron chi connectivity index (χ2n) is 7.35. The molecular weight excluding hydrogens is 389 g/mol. The number of ether oxygens (including phenoxy) is 2. The molecule has 0 aliphatic carbocycles. The Morgan fingerprint density at radius 2 is 1.73 bits per heavy atom. The minimum absolute atomic E-state index is 0.369. The monoisotopic (exact) mass is 409 g/mol. The molecule has 7 nitrogen and oxygen atoms in total. The Hall–Kier alpha value is -3.68. The van der Waals surface area contributed by atoms with Crippen molar-refractivity contribution >= 4 is 11.6 Å². The maximum atomic E-state index is 13.2. The molecule has 1 aromatic heterocycles. The van der Waals surface area contributed by atoms with Crippen molar-refractivity contribution in [2.24, 2.45) is 0 Å². The number of fused-ring (bicyclic) bond motifs is 1. The third-order valence-corrected chi connectivity index (χ3v) is 4.83. The minimum Gasteiger partial charge on any atom is -0.486 e. The molecule has 1 aliphatic rings. The van der Waals surface area contributed by atoms with Crippen molar-refractivity contribution in [3.63, 3.8) is 0 Å². The number of carbonyl (C=O) groups is 1. The summed E-state index contributed by atoms with van der Waals surface area (Å²) in [6.45, 7) is 4.11. The molecule has 0 spiro atoms. The van der Waals surface area contributed by atoms with Gasteiger partial charge in [-0.1, -0.05) is 0 Å². The van der Waals surface area contributed by atoms with Crippen LogP contribution in [0.1, 0.15) is 13.8 Å². The first-order valence-electron chi connectivity index (χ1n) is 9.42. The van der Waals surface area contributed by atoms with E-state index in [0.29, 0.717) is 41.7 Å². The molecule has 1 N–H and O–H groups in total. The SMILES string of the molecule is CC(C)(C(=O)Nc1ccc2c(c1)OCCO2)n1nc(-c2ccc(F)cc2)ccc1=O. The third-order valence-electron chi connectivity index (χ3n) is 4.83. The summed E-state index contributed by atoms with van der Waals surface area (Å²) in [6, 6.07) is 13.7. The Bertz CT molecular complexity index is 1160. The lowest BCUT2D eigenvalue weighted by atomic mass is 10.0. The van der Waals surface area contributed by atoms with Crippen LogP contribution >= 0.6 is 0 Å². The highest BCUT2D eigenvalue weighted by Crippen LogP contribution is 2.33. The van der Waals surface area contributed by atoms with E-state index in [1.165, 1.54) is 18.2 Å². The summed E-state index contributed by atoms with van der Waals surface area (Å²) < 4.78 is 25.4. The zero-order chi connectivity index (χ0) is 21.3. The van der Waals surface area contributed by atoms with Gasteiger partial charge in [-0.05, 0) is 56.3 Å².